The number of methoxy groups -OCH3 is 1. The van der Waals surface area contributed by atoms with Crippen molar-refractivity contribution < 1.29 is 19.0 Å². The van der Waals surface area contributed by atoms with Gasteiger partial charge in [0.2, 0.25) is 5.91 Å². The van der Waals surface area contributed by atoms with Gasteiger partial charge in [0.15, 0.2) is 0 Å². The molecule has 5 nitrogen and oxygen atoms in total. The molecule has 1 aromatic carbocycles. The minimum absolute atomic E-state index is 0.0835. The van der Waals surface area contributed by atoms with Crippen molar-refractivity contribution in [3.63, 3.8) is 0 Å². The minimum atomic E-state index is -0.0934. The van der Waals surface area contributed by atoms with Gasteiger partial charge in [-0.25, -0.2) is 0 Å². The maximum absolute atomic E-state index is 11.5. The van der Waals surface area contributed by atoms with Crippen LogP contribution in [0.5, 0.6) is 0 Å². The van der Waals surface area contributed by atoms with Crippen molar-refractivity contribution in [2.24, 2.45) is 0 Å². The summed E-state index contributed by atoms with van der Waals surface area (Å²) in [6.07, 6.45) is 4.42. The Morgan fingerprint density at radius 2 is 2.13 bits per heavy atom. The zero-order chi connectivity index (χ0) is 16.3. The van der Waals surface area contributed by atoms with Gasteiger partial charge in [0.05, 0.1) is 19.3 Å². The molecular weight excluding hydrogens is 294 g/mol. The van der Waals surface area contributed by atoms with Crippen LogP contribution >= 0.6 is 0 Å². The van der Waals surface area contributed by atoms with E-state index in [9.17, 15) is 4.79 Å². The standard InChI is InChI=1S/C18H27NO4/c1-21-12-13-22-14-18(20)19-10-5-11-23-17-9-4-7-15-6-2-3-8-16(15)17/h2-3,6,8,17H,4-5,7,9-14H2,1H3,(H,19,20)/t17-/m1/s1. The van der Waals surface area contributed by atoms with Gasteiger partial charge in [-0.1, -0.05) is 24.3 Å². The summed E-state index contributed by atoms with van der Waals surface area (Å²) in [6.45, 7) is 2.29. The van der Waals surface area contributed by atoms with Gasteiger partial charge >= 0.3 is 0 Å². The van der Waals surface area contributed by atoms with Crippen molar-refractivity contribution in [2.45, 2.75) is 31.8 Å². The van der Waals surface area contributed by atoms with Gasteiger partial charge in [0, 0.05) is 20.3 Å². The fraction of sp³-hybridized carbons (Fsp3) is 0.611. The van der Waals surface area contributed by atoms with Crippen molar-refractivity contribution in [1.29, 1.82) is 0 Å². The second-order valence-corrected chi connectivity index (χ2v) is 5.70. The van der Waals surface area contributed by atoms with E-state index in [1.54, 1.807) is 7.11 Å². The molecule has 0 heterocycles. The van der Waals surface area contributed by atoms with E-state index in [-0.39, 0.29) is 18.6 Å². The van der Waals surface area contributed by atoms with Crippen molar-refractivity contribution >= 4 is 5.91 Å². The van der Waals surface area contributed by atoms with E-state index in [0.717, 1.165) is 19.3 Å². The molecule has 0 aromatic heterocycles. The number of rotatable bonds is 10. The van der Waals surface area contributed by atoms with Crippen LogP contribution in [0, 0.1) is 0 Å². The zero-order valence-electron chi connectivity index (χ0n) is 13.9. The SMILES string of the molecule is COCCOCC(=O)NCCCO[C@@H]1CCCc2ccccc21. The molecule has 0 fully saturated rings. The Morgan fingerprint density at radius 3 is 3.00 bits per heavy atom. The number of aryl methyl sites for hydroxylation is 1. The molecule has 23 heavy (non-hydrogen) atoms. The van der Waals surface area contributed by atoms with Crippen LogP contribution in [0.4, 0.5) is 0 Å². The first kappa shape index (κ1) is 17.9. The number of carbonyl (C=O) groups excluding carboxylic acids is 1. The molecule has 0 radical (unpaired) electrons. The Morgan fingerprint density at radius 1 is 1.26 bits per heavy atom. The number of hydrogen-bond acceptors (Lipinski definition) is 4. The van der Waals surface area contributed by atoms with Crippen LogP contribution in [-0.4, -0.2) is 46.0 Å². The highest BCUT2D eigenvalue weighted by Crippen LogP contribution is 2.32. The Kier molecular flexibility index (Phi) is 8.07. The number of benzene rings is 1. The second-order valence-electron chi connectivity index (χ2n) is 5.70. The Hall–Kier alpha value is -1.43. The van der Waals surface area contributed by atoms with Gasteiger partial charge < -0.3 is 19.5 Å². The normalized spacial score (nSPS) is 16.8. The molecule has 0 saturated carbocycles. The molecular formula is C18H27NO4. The first-order valence-electron chi connectivity index (χ1n) is 8.34. The molecule has 2 rings (SSSR count). The first-order valence-corrected chi connectivity index (χ1v) is 8.34. The Balaban J connectivity index is 1.57. The summed E-state index contributed by atoms with van der Waals surface area (Å²) in [4.78, 5) is 11.5. The number of hydrogen-bond donors (Lipinski definition) is 1. The molecule has 0 unspecified atom stereocenters. The van der Waals surface area contributed by atoms with Gasteiger partial charge in [-0.3, -0.25) is 4.79 Å². The molecule has 128 valence electrons. The fourth-order valence-corrected chi connectivity index (χ4v) is 2.77. The second kappa shape index (κ2) is 10.4. The highest BCUT2D eigenvalue weighted by Gasteiger charge is 2.19. The third-order valence-corrected chi connectivity index (χ3v) is 3.94. The molecule has 1 N–H and O–H groups in total. The van der Waals surface area contributed by atoms with Crippen LogP contribution in [0.15, 0.2) is 24.3 Å². The monoisotopic (exact) mass is 321 g/mol. The van der Waals surface area contributed by atoms with Crippen molar-refractivity contribution in [3.8, 4) is 0 Å². The van der Waals surface area contributed by atoms with Crippen LogP contribution in [0.1, 0.15) is 36.5 Å². The third kappa shape index (κ3) is 6.29. The average Bonchev–Trinajstić information content (AvgIpc) is 2.58. The van der Waals surface area contributed by atoms with Gasteiger partial charge in [-0.15, -0.1) is 0 Å². The van der Waals surface area contributed by atoms with E-state index in [1.165, 1.54) is 17.5 Å². The highest BCUT2D eigenvalue weighted by atomic mass is 16.5. The lowest BCUT2D eigenvalue weighted by Gasteiger charge is -2.25. The lowest BCUT2D eigenvalue weighted by molar-refractivity contribution is -0.126. The van der Waals surface area contributed by atoms with Gasteiger partial charge in [-0.2, -0.15) is 0 Å². The van der Waals surface area contributed by atoms with Crippen molar-refractivity contribution in [3.05, 3.63) is 35.4 Å². The molecule has 1 aromatic rings. The molecule has 1 atom stereocenters. The van der Waals surface area contributed by atoms with Gasteiger partial charge in [-0.05, 0) is 36.8 Å². The van der Waals surface area contributed by atoms with E-state index in [2.05, 4.69) is 29.6 Å². The van der Waals surface area contributed by atoms with E-state index < -0.39 is 0 Å². The molecule has 0 bridgehead atoms. The highest BCUT2D eigenvalue weighted by molar-refractivity contribution is 5.77. The summed E-state index contributed by atoms with van der Waals surface area (Å²) in [5.74, 6) is -0.0934. The summed E-state index contributed by atoms with van der Waals surface area (Å²) >= 11 is 0. The number of fused-ring (bicyclic) bond motifs is 1. The molecule has 1 amide bonds. The van der Waals surface area contributed by atoms with Gasteiger partial charge in [0.1, 0.15) is 6.61 Å². The number of carbonyl (C=O) groups is 1. The van der Waals surface area contributed by atoms with E-state index in [0.29, 0.717) is 26.4 Å². The Labute approximate surface area is 138 Å². The summed E-state index contributed by atoms with van der Waals surface area (Å²) < 4.78 is 16.0. The predicted octanol–water partition coefficient (Wildman–Crippen LogP) is 2.25. The molecule has 1 aliphatic rings. The lowest BCUT2D eigenvalue weighted by atomic mass is 9.89. The summed E-state index contributed by atoms with van der Waals surface area (Å²) in [5.41, 5.74) is 2.74. The van der Waals surface area contributed by atoms with E-state index in [4.69, 9.17) is 14.2 Å². The fourth-order valence-electron chi connectivity index (χ4n) is 2.77. The number of amides is 1. The maximum Gasteiger partial charge on any atom is 0.246 e. The van der Waals surface area contributed by atoms with E-state index in [1.807, 2.05) is 0 Å². The van der Waals surface area contributed by atoms with Crippen LogP contribution in [0.25, 0.3) is 0 Å². The molecule has 1 aliphatic carbocycles. The van der Waals surface area contributed by atoms with Crippen molar-refractivity contribution in [1.82, 2.24) is 5.32 Å². The van der Waals surface area contributed by atoms with Gasteiger partial charge in [0.25, 0.3) is 0 Å². The quantitative estimate of drug-likeness (QED) is 0.672. The third-order valence-electron chi connectivity index (χ3n) is 3.94. The predicted molar refractivity (Wildman–Crippen MR) is 88.4 cm³/mol. The minimum Gasteiger partial charge on any atom is -0.382 e. The van der Waals surface area contributed by atoms with Crippen LogP contribution in [0.3, 0.4) is 0 Å². The van der Waals surface area contributed by atoms with Crippen molar-refractivity contribution in [2.75, 3.05) is 40.1 Å². The average molecular weight is 321 g/mol. The topological polar surface area (TPSA) is 56.8 Å². The molecule has 0 aliphatic heterocycles. The first-order chi connectivity index (χ1) is 11.3. The summed E-state index contributed by atoms with van der Waals surface area (Å²) in [5, 5.41) is 2.83. The Bertz CT molecular complexity index is 478. The van der Waals surface area contributed by atoms with Crippen LogP contribution in [-0.2, 0) is 25.4 Å². The zero-order valence-corrected chi connectivity index (χ0v) is 13.9. The molecule has 5 heteroatoms. The van der Waals surface area contributed by atoms with Crippen LogP contribution in [0.2, 0.25) is 0 Å². The molecule has 0 saturated heterocycles. The largest absolute Gasteiger partial charge is 0.382 e. The smallest absolute Gasteiger partial charge is 0.246 e. The molecule has 0 spiro atoms. The number of nitrogens with one attached hydrogen (secondary N) is 1. The summed E-state index contributed by atoms with van der Waals surface area (Å²) in [6, 6.07) is 8.52. The summed E-state index contributed by atoms with van der Waals surface area (Å²) in [7, 11) is 1.61. The number of ether oxygens (including phenoxy) is 3. The van der Waals surface area contributed by atoms with Crippen LogP contribution < -0.4 is 5.32 Å². The lowest BCUT2D eigenvalue weighted by Crippen LogP contribution is -2.29. The van der Waals surface area contributed by atoms with E-state index >= 15 is 0 Å². The maximum atomic E-state index is 11.5.